The van der Waals surface area contributed by atoms with E-state index in [1.54, 1.807) is 0 Å². The molecular weight excluding hydrogens is 186 g/mol. The molecule has 2 nitrogen and oxygen atoms in total. The van der Waals surface area contributed by atoms with Crippen LogP contribution in [-0.2, 0) is 6.42 Å². The van der Waals surface area contributed by atoms with Crippen molar-refractivity contribution in [3.05, 3.63) is 35.4 Å². The van der Waals surface area contributed by atoms with Crippen LogP contribution in [0, 0.1) is 0 Å². The first kappa shape index (κ1) is 12.2. The lowest BCUT2D eigenvalue weighted by Crippen LogP contribution is -2.11. The molecule has 3 N–H and O–H groups in total. The third-order valence-corrected chi connectivity index (χ3v) is 2.66. The number of aliphatic hydroxyl groups excluding tert-OH is 1. The zero-order valence-corrected chi connectivity index (χ0v) is 9.45. The summed E-state index contributed by atoms with van der Waals surface area (Å²) in [6.45, 7) is 2.50. The predicted octanol–water partition coefficient (Wildman–Crippen LogP) is 2.41. The number of benzene rings is 1. The SMILES string of the molecule is CCCCCc1ccc(C(O)CN)cc1. The third kappa shape index (κ3) is 4.02. The van der Waals surface area contributed by atoms with Gasteiger partial charge < -0.3 is 10.8 Å². The van der Waals surface area contributed by atoms with Crippen LogP contribution in [-0.4, -0.2) is 11.7 Å². The Hall–Kier alpha value is -0.860. The number of aryl methyl sites for hydroxylation is 1. The minimum atomic E-state index is -0.519. The van der Waals surface area contributed by atoms with Crippen LogP contribution in [0.5, 0.6) is 0 Å². The molecule has 1 aromatic carbocycles. The molecule has 0 heterocycles. The predicted molar refractivity (Wildman–Crippen MR) is 63.7 cm³/mol. The Kier molecular flexibility index (Phi) is 5.37. The van der Waals surface area contributed by atoms with Crippen molar-refractivity contribution in [2.24, 2.45) is 5.73 Å². The molecule has 0 fully saturated rings. The second-order valence-corrected chi connectivity index (χ2v) is 3.95. The normalized spacial score (nSPS) is 12.7. The maximum atomic E-state index is 9.51. The monoisotopic (exact) mass is 207 g/mol. The summed E-state index contributed by atoms with van der Waals surface area (Å²) in [5, 5.41) is 9.51. The summed E-state index contributed by atoms with van der Waals surface area (Å²) in [6, 6.07) is 8.12. The van der Waals surface area contributed by atoms with Crippen LogP contribution in [0.2, 0.25) is 0 Å². The number of unbranched alkanes of at least 4 members (excludes halogenated alkanes) is 2. The van der Waals surface area contributed by atoms with Crippen molar-refractivity contribution >= 4 is 0 Å². The zero-order chi connectivity index (χ0) is 11.1. The van der Waals surface area contributed by atoms with Crippen LogP contribution < -0.4 is 5.73 Å². The molecule has 0 amide bonds. The van der Waals surface area contributed by atoms with Gasteiger partial charge in [0.25, 0.3) is 0 Å². The smallest absolute Gasteiger partial charge is 0.0912 e. The fraction of sp³-hybridized carbons (Fsp3) is 0.538. The number of hydrogen-bond donors (Lipinski definition) is 2. The van der Waals surface area contributed by atoms with Gasteiger partial charge in [-0.05, 0) is 24.0 Å². The van der Waals surface area contributed by atoms with Crippen molar-refractivity contribution < 1.29 is 5.11 Å². The molecule has 0 bridgehead atoms. The first-order valence-corrected chi connectivity index (χ1v) is 5.75. The van der Waals surface area contributed by atoms with Crippen LogP contribution in [0.25, 0.3) is 0 Å². The summed E-state index contributed by atoms with van der Waals surface area (Å²) < 4.78 is 0. The highest BCUT2D eigenvalue weighted by atomic mass is 16.3. The first-order valence-electron chi connectivity index (χ1n) is 5.75. The van der Waals surface area contributed by atoms with Crippen molar-refractivity contribution in [2.75, 3.05) is 6.54 Å². The van der Waals surface area contributed by atoms with E-state index < -0.39 is 6.10 Å². The van der Waals surface area contributed by atoms with Crippen LogP contribution in [0.3, 0.4) is 0 Å². The molecule has 0 saturated heterocycles. The van der Waals surface area contributed by atoms with Gasteiger partial charge >= 0.3 is 0 Å². The first-order chi connectivity index (χ1) is 7.27. The summed E-state index contributed by atoms with van der Waals surface area (Å²) in [5.41, 5.74) is 7.65. The van der Waals surface area contributed by atoms with E-state index >= 15 is 0 Å². The molecule has 2 heteroatoms. The summed E-state index contributed by atoms with van der Waals surface area (Å²) in [5.74, 6) is 0. The van der Waals surface area contributed by atoms with E-state index in [9.17, 15) is 5.11 Å². The molecule has 0 aromatic heterocycles. The van der Waals surface area contributed by atoms with Crippen molar-refractivity contribution in [1.82, 2.24) is 0 Å². The standard InChI is InChI=1S/C13H21NO/c1-2-3-4-5-11-6-8-12(9-7-11)13(15)10-14/h6-9,13,15H,2-5,10,14H2,1H3. The van der Waals surface area contributed by atoms with E-state index in [2.05, 4.69) is 19.1 Å². The molecule has 15 heavy (non-hydrogen) atoms. The van der Waals surface area contributed by atoms with Gasteiger partial charge in [-0.2, -0.15) is 0 Å². The fourth-order valence-electron chi connectivity index (χ4n) is 1.62. The molecule has 1 unspecified atom stereocenters. The van der Waals surface area contributed by atoms with Crippen molar-refractivity contribution in [3.8, 4) is 0 Å². The highest BCUT2D eigenvalue weighted by Crippen LogP contribution is 2.14. The highest BCUT2D eigenvalue weighted by molar-refractivity contribution is 5.24. The maximum Gasteiger partial charge on any atom is 0.0912 e. The Morgan fingerprint density at radius 2 is 1.87 bits per heavy atom. The Balaban J connectivity index is 2.49. The van der Waals surface area contributed by atoms with Gasteiger partial charge in [0.1, 0.15) is 0 Å². The average molecular weight is 207 g/mol. The molecule has 1 rings (SSSR count). The van der Waals surface area contributed by atoms with Gasteiger partial charge in [-0.1, -0.05) is 44.0 Å². The minimum absolute atomic E-state index is 0.287. The van der Waals surface area contributed by atoms with E-state index in [0.717, 1.165) is 12.0 Å². The molecule has 0 aliphatic rings. The summed E-state index contributed by atoms with van der Waals surface area (Å²) in [6.07, 6.45) is 4.40. The van der Waals surface area contributed by atoms with E-state index in [4.69, 9.17) is 5.73 Å². The van der Waals surface area contributed by atoms with Crippen molar-refractivity contribution in [1.29, 1.82) is 0 Å². The van der Waals surface area contributed by atoms with Gasteiger partial charge in [0.15, 0.2) is 0 Å². The lowest BCUT2D eigenvalue weighted by atomic mass is 10.0. The molecule has 1 aromatic rings. The second kappa shape index (κ2) is 6.59. The molecule has 0 aliphatic heterocycles. The van der Waals surface area contributed by atoms with Gasteiger partial charge in [-0.25, -0.2) is 0 Å². The fourth-order valence-corrected chi connectivity index (χ4v) is 1.62. The van der Waals surface area contributed by atoms with Crippen molar-refractivity contribution in [2.45, 2.75) is 38.7 Å². The molecule has 1 atom stereocenters. The second-order valence-electron chi connectivity index (χ2n) is 3.95. The van der Waals surface area contributed by atoms with Gasteiger partial charge in [0.05, 0.1) is 6.10 Å². The Morgan fingerprint density at radius 3 is 2.40 bits per heavy atom. The third-order valence-electron chi connectivity index (χ3n) is 2.66. The Labute approximate surface area is 92.1 Å². The molecule has 84 valence electrons. The molecule has 0 spiro atoms. The summed E-state index contributed by atoms with van der Waals surface area (Å²) in [7, 11) is 0. The van der Waals surface area contributed by atoms with Crippen LogP contribution in [0.15, 0.2) is 24.3 Å². The minimum Gasteiger partial charge on any atom is -0.387 e. The average Bonchev–Trinajstić information content (AvgIpc) is 2.29. The van der Waals surface area contributed by atoms with Gasteiger partial charge in [0, 0.05) is 6.54 Å². The lowest BCUT2D eigenvalue weighted by molar-refractivity contribution is 0.186. The zero-order valence-electron chi connectivity index (χ0n) is 9.45. The number of rotatable bonds is 6. The van der Waals surface area contributed by atoms with Crippen LogP contribution >= 0.6 is 0 Å². The van der Waals surface area contributed by atoms with Gasteiger partial charge in [-0.3, -0.25) is 0 Å². The van der Waals surface area contributed by atoms with Gasteiger partial charge in [-0.15, -0.1) is 0 Å². The quantitative estimate of drug-likeness (QED) is 0.704. The topological polar surface area (TPSA) is 46.2 Å². The van der Waals surface area contributed by atoms with E-state index in [1.165, 1.54) is 24.8 Å². The number of hydrogen-bond acceptors (Lipinski definition) is 2. The van der Waals surface area contributed by atoms with E-state index in [-0.39, 0.29) is 6.54 Å². The summed E-state index contributed by atoms with van der Waals surface area (Å²) >= 11 is 0. The molecule has 0 aliphatic carbocycles. The van der Waals surface area contributed by atoms with Crippen molar-refractivity contribution in [3.63, 3.8) is 0 Å². The highest BCUT2D eigenvalue weighted by Gasteiger charge is 2.03. The van der Waals surface area contributed by atoms with Crippen LogP contribution in [0.1, 0.15) is 43.4 Å². The Morgan fingerprint density at radius 1 is 1.20 bits per heavy atom. The number of aliphatic hydroxyl groups is 1. The van der Waals surface area contributed by atoms with E-state index in [0.29, 0.717) is 0 Å². The van der Waals surface area contributed by atoms with Crippen LogP contribution in [0.4, 0.5) is 0 Å². The van der Waals surface area contributed by atoms with Gasteiger partial charge in [0.2, 0.25) is 0 Å². The largest absolute Gasteiger partial charge is 0.387 e. The maximum absolute atomic E-state index is 9.51. The van der Waals surface area contributed by atoms with E-state index in [1.807, 2.05) is 12.1 Å². The lowest BCUT2D eigenvalue weighted by Gasteiger charge is -2.08. The molecule has 0 radical (unpaired) electrons. The number of nitrogens with two attached hydrogens (primary N) is 1. The summed E-state index contributed by atoms with van der Waals surface area (Å²) in [4.78, 5) is 0. The molecular formula is C13H21NO. The Bertz CT molecular complexity index is 268. The molecule has 0 saturated carbocycles.